The molecule has 0 N–H and O–H groups in total. The number of sulfonamides is 1. The predicted molar refractivity (Wildman–Crippen MR) is 124 cm³/mol. The van der Waals surface area contributed by atoms with E-state index in [0.29, 0.717) is 24.3 Å². The lowest BCUT2D eigenvalue weighted by Crippen LogP contribution is -2.48. The summed E-state index contributed by atoms with van der Waals surface area (Å²) in [5.74, 6) is -0.0591. The van der Waals surface area contributed by atoms with Crippen LogP contribution in [-0.4, -0.2) is 57.4 Å². The van der Waals surface area contributed by atoms with Crippen molar-refractivity contribution in [2.75, 3.05) is 37.5 Å². The third-order valence-electron chi connectivity index (χ3n) is 5.50. The molecule has 162 valence electrons. The van der Waals surface area contributed by atoms with Gasteiger partial charge in [0.2, 0.25) is 0 Å². The van der Waals surface area contributed by atoms with Crippen LogP contribution >= 0.6 is 11.3 Å². The van der Waals surface area contributed by atoms with Gasteiger partial charge in [0, 0.05) is 50.2 Å². The fraction of sp³-hybridized carbons (Fsp3) is 0.261. The van der Waals surface area contributed by atoms with Crippen molar-refractivity contribution >= 4 is 33.0 Å². The summed E-state index contributed by atoms with van der Waals surface area (Å²) in [6.45, 7) is 3.92. The molecule has 2 aromatic carbocycles. The van der Waals surface area contributed by atoms with E-state index in [1.807, 2.05) is 11.0 Å². The summed E-state index contributed by atoms with van der Waals surface area (Å²) in [7, 11) is -2.16. The van der Waals surface area contributed by atoms with E-state index in [1.165, 1.54) is 28.4 Å². The Hall–Kier alpha value is -2.68. The molecule has 0 saturated carbocycles. The van der Waals surface area contributed by atoms with Crippen molar-refractivity contribution in [3.05, 3.63) is 82.6 Å². The number of anilines is 1. The monoisotopic (exact) mass is 455 g/mol. The van der Waals surface area contributed by atoms with Gasteiger partial charge in [-0.25, -0.2) is 8.42 Å². The summed E-state index contributed by atoms with van der Waals surface area (Å²) < 4.78 is 27.1. The highest BCUT2D eigenvalue weighted by molar-refractivity contribution is 7.92. The molecule has 0 atom stereocenters. The van der Waals surface area contributed by atoms with Gasteiger partial charge in [0.25, 0.3) is 15.9 Å². The Kier molecular flexibility index (Phi) is 6.41. The Labute approximate surface area is 187 Å². The molecule has 0 radical (unpaired) electrons. The van der Waals surface area contributed by atoms with Crippen LogP contribution in [0.25, 0.3) is 0 Å². The Balaban J connectivity index is 1.39. The van der Waals surface area contributed by atoms with Crippen LogP contribution in [0.15, 0.2) is 77.0 Å². The standard InChI is InChI=1S/C23H25N3O3S2/c1-24(20-6-3-2-4-7-20)31(28,29)22-11-9-19(10-12-22)23(27)26-15-13-25(14-16-26)18-21-8-5-17-30-21/h2-12,17H,13-16,18H2,1H3. The first-order chi connectivity index (χ1) is 14.9. The Morgan fingerprint density at radius 2 is 1.61 bits per heavy atom. The smallest absolute Gasteiger partial charge is 0.264 e. The number of benzene rings is 2. The zero-order chi connectivity index (χ0) is 21.8. The number of carbonyl (C=O) groups is 1. The zero-order valence-corrected chi connectivity index (χ0v) is 19.0. The number of hydrogen-bond donors (Lipinski definition) is 0. The van der Waals surface area contributed by atoms with Crippen LogP contribution in [0.1, 0.15) is 15.2 Å². The van der Waals surface area contributed by atoms with E-state index in [1.54, 1.807) is 47.7 Å². The first-order valence-corrected chi connectivity index (χ1v) is 12.5. The Morgan fingerprint density at radius 1 is 0.935 bits per heavy atom. The Bertz CT molecular complexity index is 1110. The van der Waals surface area contributed by atoms with Gasteiger partial charge in [-0.2, -0.15) is 0 Å². The van der Waals surface area contributed by atoms with Crippen molar-refractivity contribution in [1.29, 1.82) is 0 Å². The number of nitrogens with zero attached hydrogens (tertiary/aromatic N) is 3. The highest BCUT2D eigenvalue weighted by Crippen LogP contribution is 2.22. The molecule has 4 rings (SSSR count). The maximum atomic E-state index is 12.9. The number of carbonyl (C=O) groups excluding carboxylic acids is 1. The van der Waals surface area contributed by atoms with Crippen LogP contribution in [0.4, 0.5) is 5.69 Å². The van der Waals surface area contributed by atoms with Gasteiger partial charge in [0.05, 0.1) is 10.6 Å². The summed E-state index contributed by atoms with van der Waals surface area (Å²) in [6.07, 6.45) is 0. The van der Waals surface area contributed by atoms with Gasteiger partial charge < -0.3 is 4.90 Å². The van der Waals surface area contributed by atoms with Crippen molar-refractivity contribution in [3.8, 4) is 0 Å². The molecule has 0 bridgehead atoms. The number of hydrogen-bond acceptors (Lipinski definition) is 5. The third kappa shape index (κ3) is 4.81. The second kappa shape index (κ2) is 9.21. The van der Waals surface area contributed by atoms with Crippen molar-refractivity contribution in [2.24, 2.45) is 0 Å². The summed E-state index contributed by atoms with van der Waals surface area (Å²) in [5, 5.41) is 2.08. The van der Waals surface area contributed by atoms with E-state index in [2.05, 4.69) is 22.4 Å². The van der Waals surface area contributed by atoms with Gasteiger partial charge in [-0.1, -0.05) is 24.3 Å². The molecule has 1 saturated heterocycles. The summed E-state index contributed by atoms with van der Waals surface area (Å²) in [5.41, 5.74) is 1.09. The largest absolute Gasteiger partial charge is 0.336 e. The van der Waals surface area contributed by atoms with Crippen LogP contribution in [0, 0.1) is 0 Å². The van der Waals surface area contributed by atoms with Gasteiger partial charge >= 0.3 is 0 Å². The molecule has 0 aliphatic carbocycles. The molecule has 3 aromatic rings. The second-order valence-electron chi connectivity index (χ2n) is 7.48. The van der Waals surface area contributed by atoms with E-state index in [9.17, 15) is 13.2 Å². The van der Waals surface area contributed by atoms with Gasteiger partial charge in [0.15, 0.2) is 0 Å². The maximum Gasteiger partial charge on any atom is 0.264 e. The van der Waals surface area contributed by atoms with Gasteiger partial charge in [-0.3, -0.25) is 14.0 Å². The number of thiophene rings is 1. The molecular formula is C23H25N3O3S2. The first kappa shape index (κ1) is 21.5. The lowest BCUT2D eigenvalue weighted by Gasteiger charge is -2.34. The van der Waals surface area contributed by atoms with Gasteiger partial charge in [-0.05, 0) is 47.8 Å². The highest BCUT2D eigenvalue weighted by Gasteiger charge is 2.24. The van der Waals surface area contributed by atoms with Crippen molar-refractivity contribution < 1.29 is 13.2 Å². The number of piperazine rings is 1. The van der Waals surface area contributed by atoms with Crippen LogP contribution in [-0.2, 0) is 16.6 Å². The number of para-hydroxylation sites is 1. The van der Waals surface area contributed by atoms with E-state index in [4.69, 9.17) is 0 Å². The SMILES string of the molecule is CN(c1ccccc1)S(=O)(=O)c1ccc(C(=O)N2CCN(Cc3cccs3)CC2)cc1. The summed E-state index contributed by atoms with van der Waals surface area (Å²) in [4.78, 5) is 18.6. The normalized spacial score (nSPS) is 15.1. The molecule has 1 aliphatic heterocycles. The quantitative estimate of drug-likeness (QED) is 0.571. The second-order valence-corrected chi connectivity index (χ2v) is 10.5. The van der Waals surface area contributed by atoms with E-state index in [0.717, 1.165) is 19.6 Å². The fourth-order valence-electron chi connectivity index (χ4n) is 3.62. The third-order valence-corrected chi connectivity index (χ3v) is 8.16. The van der Waals surface area contributed by atoms with Gasteiger partial charge in [-0.15, -0.1) is 11.3 Å². The van der Waals surface area contributed by atoms with E-state index >= 15 is 0 Å². The average Bonchev–Trinajstić information content (AvgIpc) is 3.32. The van der Waals surface area contributed by atoms with E-state index < -0.39 is 10.0 Å². The van der Waals surface area contributed by atoms with Crippen LogP contribution in [0.5, 0.6) is 0 Å². The minimum absolute atomic E-state index is 0.0591. The molecular weight excluding hydrogens is 430 g/mol. The molecule has 31 heavy (non-hydrogen) atoms. The molecule has 1 aromatic heterocycles. The molecule has 8 heteroatoms. The predicted octanol–water partition coefficient (Wildman–Crippen LogP) is 3.53. The highest BCUT2D eigenvalue weighted by atomic mass is 32.2. The minimum atomic E-state index is -3.69. The zero-order valence-electron chi connectivity index (χ0n) is 17.3. The lowest BCUT2D eigenvalue weighted by atomic mass is 10.2. The molecule has 0 unspecified atom stereocenters. The molecule has 1 aliphatic rings. The van der Waals surface area contributed by atoms with Gasteiger partial charge in [0.1, 0.15) is 0 Å². The summed E-state index contributed by atoms with van der Waals surface area (Å²) in [6, 6.07) is 19.3. The molecule has 1 fully saturated rings. The van der Waals surface area contributed by atoms with Crippen molar-refractivity contribution in [2.45, 2.75) is 11.4 Å². The molecule has 0 spiro atoms. The molecule has 1 amide bonds. The average molecular weight is 456 g/mol. The number of amides is 1. The molecule has 2 heterocycles. The molecule has 6 nitrogen and oxygen atoms in total. The number of rotatable bonds is 6. The van der Waals surface area contributed by atoms with Crippen LogP contribution in [0.3, 0.4) is 0 Å². The minimum Gasteiger partial charge on any atom is -0.336 e. The first-order valence-electron chi connectivity index (χ1n) is 10.1. The van der Waals surface area contributed by atoms with Crippen LogP contribution < -0.4 is 4.31 Å². The maximum absolute atomic E-state index is 12.9. The van der Waals surface area contributed by atoms with Crippen molar-refractivity contribution in [1.82, 2.24) is 9.80 Å². The van der Waals surface area contributed by atoms with Crippen LogP contribution in [0.2, 0.25) is 0 Å². The topological polar surface area (TPSA) is 60.9 Å². The summed E-state index contributed by atoms with van der Waals surface area (Å²) >= 11 is 1.75. The Morgan fingerprint density at radius 3 is 2.23 bits per heavy atom. The fourth-order valence-corrected chi connectivity index (χ4v) is 5.56. The van der Waals surface area contributed by atoms with Crippen molar-refractivity contribution in [3.63, 3.8) is 0 Å². The van der Waals surface area contributed by atoms with E-state index in [-0.39, 0.29) is 10.8 Å². The lowest BCUT2D eigenvalue weighted by molar-refractivity contribution is 0.0629.